The summed E-state index contributed by atoms with van der Waals surface area (Å²) in [5.41, 5.74) is 1.30. The van der Waals surface area contributed by atoms with E-state index in [2.05, 4.69) is 34.5 Å². The fraction of sp³-hybridized carbons (Fsp3) is 0.857. The Morgan fingerprint density at radius 1 is 1.00 bits per heavy atom. The van der Waals surface area contributed by atoms with E-state index in [0.29, 0.717) is 0 Å². The molecular formula is C14H30BrN. The third-order valence-electron chi connectivity index (χ3n) is 2.81. The predicted octanol–water partition coefficient (Wildman–Crippen LogP) is 1.00. The second-order valence-corrected chi connectivity index (χ2v) is 5.54. The summed E-state index contributed by atoms with van der Waals surface area (Å²) in [6.07, 6.45) is 8.36. The van der Waals surface area contributed by atoms with Crippen LogP contribution in [0.3, 0.4) is 0 Å². The molecule has 1 nitrogen and oxygen atoms in total. The van der Waals surface area contributed by atoms with Gasteiger partial charge in [0.1, 0.15) is 0 Å². The van der Waals surface area contributed by atoms with E-state index in [1.165, 1.54) is 50.6 Å². The van der Waals surface area contributed by atoms with Crippen LogP contribution in [0.1, 0.15) is 52.4 Å². The van der Waals surface area contributed by atoms with E-state index in [0.717, 1.165) is 11.0 Å². The Balaban J connectivity index is 0. The molecule has 0 amide bonds. The first-order chi connectivity index (χ1) is 6.98. The molecular weight excluding hydrogens is 262 g/mol. The second-order valence-electron chi connectivity index (χ2n) is 5.54. The van der Waals surface area contributed by atoms with Crippen LogP contribution in [0.4, 0.5) is 0 Å². The third kappa shape index (κ3) is 12.3. The lowest BCUT2D eigenvalue weighted by Crippen LogP contribution is -3.00. The predicted molar refractivity (Wildman–Crippen MR) is 70.0 cm³/mol. The zero-order valence-electron chi connectivity index (χ0n) is 11.7. The largest absolute Gasteiger partial charge is 1.00 e. The summed E-state index contributed by atoms with van der Waals surface area (Å²) in [4.78, 5) is 0. The highest BCUT2D eigenvalue weighted by Gasteiger charge is 2.13. The minimum absolute atomic E-state index is 0. The van der Waals surface area contributed by atoms with E-state index in [1.807, 2.05) is 0 Å². The Kier molecular flexibility index (Phi) is 12.0. The first-order valence-corrected chi connectivity index (χ1v) is 6.44. The quantitative estimate of drug-likeness (QED) is 0.338. The van der Waals surface area contributed by atoms with Crippen molar-refractivity contribution >= 4 is 0 Å². The van der Waals surface area contributed by atoms with E-state index in [-0.39, 0.29) is 17.0 Å². The molecule has 0 N–H and O–H groups in total. The van der Waals surface area contributed by atoms with Gasteiger partial charge in [-0.3, -0.25) is 0 Å². The molecule has 0 heterocycles. The number of nitrogens with zero attached hydrogens (tertiary/aromatic N) is 1. The van der Waals surface area contributed by atoms with Gasteiger partial charge in [-0.25, -0.2) is 0 Å². The molecule has 0 aromatic carbocycles. The Morgan fingerprint density at radius 2 is 1.50 bits per heavy atom. The highest BCUT2D eigenvalue weighted by Crippen LogP contribution is 2.09. The van der Waals surface area contributed by atoms with Crippen molar-refractivity contribution in [3.8, 4) is 0 Å². The smallest absolute Gasteiger partial charge is 0.0993 e. The lowest BCUT2D eigenvalue weighted by Gasteiger charge is -2.30. The molecule has 0 rings (SSSR count). The third-order valence-corrected chi connectivity index (χ3v) is 2.81. The molecule has 0 saturated carbocycles. The van der Waals surface area contributed by atoms with Crippen molar-refractivity contribution in [2.45, 2.75) is 52.4 Å². The molecule has 0 aromatic heterocycles. The normalized spacial score (nSPS) is 11.0. The van der Waals surface area contributed by atoms with Gasteiger partial charge in [-0.2, -0.15) is 0 Å². The molecule has 0 aliphatic heterocycles. The highest BCUT2D eigenvalue weighted by atomic mass is 79.9. The molecule has 16 heavy (non-hydrogen) atoms. The molecule has 0 atom stereocenters. The Morgan fingerprint density at radius 3 is 2.00 bits per heavy atom. The zero-order valence-corrected chi connectivity index (χ0v) is 13.3. The van der Waals surface area contributed by atoms with Gasteiger partial charge in [0.05, 0.1) is 27.2 Å². The molecule has 0 aliphatic carbocycles. The van der Waals surface area contributed by atoms with Crippen LogP contribution in [0.15, 0.2) is 12.2 Å². The molecule has 0 aliphatic rings. The summed E-state index contributed by atoms with van der Waals surface area (Å²) in [7, 11) is 4.61. The molecule has 0 aromatic rings. The number of hydrogen-bond acceptors (Lipinski definition) is 0. The summed E-state index contributed by atoms with van der Waals surface area (Å²) in [5.74, 6) is 0. The van der Waals surface area contributed by atoms with Crippen LogP contribution in [-0.4, -0.2) is 31.7 Å². The number of halogens is 1. The molecule has 98 valence electrons. The summed E-state index contributed by atoms with van der Waals surface area (Å²) in [6, 6.07) is 0. The molecule has 0 fully saturated rings. The summed E-state index contributed by atoms with van der Waals surface area (Å²) in [5, 5.41) is 0. The molecule has 0 radical (unpaired) electrons. The number of rotatable bonds is 9. The van der Waals surface area contributed by atoms with Gasteiger partial charge in [0.2, 0.25) is 0 Å². The van der Waals surface area contributed by atoms with Gasteiger partial charge in [-0.05, 0) is 25.3 Å². The SMILES string of the molecule is C=C(C)C[N+](C)(C)CCCCCCCC.[Br-]. The van der Waals surface area contributed by atoms with Crippen LogP contribution in [0.5, 0.6) is 0 Å². The lowest BCUT2D eigenvalue weighted by molar-refractivity contribution is -0.885. The van der Waals surface area contributed by atoms with Gasteiger partial charge in [-0.1, -0.05) is 39.2 Å². The fourth-order valence-corrected chi connectivity index (χ4v) is 2.13. The topological polar surface area (TPSA) is 0 Å². The molecule has 0 saturated heterocycles. The van der Waals surface area contributed by atoms with Gasteiger partial charge >= 0.3 is 0 Å². The van der Waals surface area contributed by atoms with E-state index < -0.39 is 0 Å². The van der Waals surface area contributed by atoms with Gasteiger partial charge < -0.3 is 21.5 Å². The highest BCUT2D eigenvalue weighted by molar-refractivity contribution is 4.87. The van der Waals surface area contributed by atoms with Gasteiger partial charge in [0, 0.05) is 0 Å². The van der Waals surface area contributed by atoms with Crippen LogP contribution < -0.4 is 17.0 Å². The number of unbranched alkanes of at least 4 members (excludes halogenated alkanes) is 5. The van der Waals surface area contributed by atoms with E-state index >= 15 is 0 Å². The van der Waals surface area contributed by atoms with Gasteiger partial charge in [-0.15, -0.1) is 0 Å². The fourth-order valence-electron chi connectivity index (χ4n) is 2.13. The Labute approximate surface area is 113 Å². The molecule has 2 heteroatoms. The van der Waals surface area contributed by atoms with Crippen LogP contribution in [0.25, 0.3) is 0 Å². The van der Waals surface area contributed by atoms with Gasteiger partial charge in [0.15, 0.2) is 0 Å². The van der Waals surface area contributed by atoms with Crippen LogP contribution in [0.2, 0.25) is 0 Å². The first-order valence-electron chi connectivity index (χ1n) is 6.44. The Bertz CT molecular complexity index is 176. The molecule has 0 unspecified atom stereocenters. The van der Waals surface area contributed by atoms with Crippen LogP contribution in [-0.2, 0) is 0 Å². The van der Waals surface area contributed by atoms with Crippen molar-refractivity contribution in [2.75, 3.05) is 27.2 Å². The van der Waals surface area contributed by atoms with Crippen molar-refractivity contribution in [1.29, 1.82) is 0 Å². The van der Waals surface area contributed by atoms with Gasteiger partial charge in [0.25, 0.3) is 0 Å². The first kappa shape index (κ1) is 18.5. The molecule has 0 spiro atoms. The lowest BCUT2D eigenvalue weighted by atomic mass is 10.1. The maximum atomic E-state index is 3.99. The van der Waals surface area contributed by atoms with Crippen LogP contribution in [0, 0.1) is 0 Å². The second kappa shape index (κ2) is 10.3. The summed E-state index contributed by atoms with van der Waals surface area (Å²) < 4.78 is 1.10. The van der Waals surface area contributed by atoms with E-state index in [9.17, 15) is 0 Å². The maximum Gasteiger partial charge on any atom is 0.0993 e. The number of quaternary nitrogens is 1. The molecule has 0 bridgehead atoms. The zero-order chi connectivity index (χ0) is 11.7. The Hall–Kier alpha value is 0.180. The average Bonchev–Trinajstić information content (AvgIpc) is 2.08. The van der Waals surface area contributed by atoms with Crippen LogP contribution >= 0.6 is 0 Å². The van der Waals surface area contributed by atoms with E-state index in [4.69, 9.17) is 0 Å². The minimum atomic E-state index is 0. The van der Waals surface area contributed by atoms with E-state index in [1.54, 1.807) is 0 Å². The monoisotopic (exact) mass is 291 g/mol. The maximum absolute atomic E-state index is 3.99. The minimum Gasteiger partial charge on any atom is -1.00 e. The average molecular weight is 292 g/mol. The van der Waals surface area contributed by atoms with Crippen molar-refractivity contribution in [3.05, 3.63) is 12.2 Å². The van der Waals surface area contributed by atoms with Crippen molar-refractivity contribution in [1.82, 2.24) is 0 Å². The van der Waals surface area contributed by atoms with Crippen molar-refractivity contribution < 1.29 is 21.5 Å². The van der Waals surface area contributed by atoms with Crippen molar-refractivity contribution in [3.63, 3.8) is 0 Å². The number of hydrogen-bond donors (Lipinski definition) is 0. The summed E-state index contributed by atoms with van der Waals surface area (Å²) >= 11 is 0. The standard InChI is InChI=1S/C14H30N.BrH/c1-6-7-8-9-10-11-12-15(4,5)13-14(2)3;/h2,6-13H2,1,3-5H3;1H/q+1;/p-1. The van der Waals surface area contributed by atoms with Crippen molar-refractivity contribution in [2.24, 2.45) is 0 Å². The summed E-state index contributed by atoms with van der Waals surface area (Å²) in [6.45, 7) is 10.8. The number of likely N-dealkylation sites (N-methyl/N-ethyl adjacent to an activating group) is 1.